The Morgan fingerprint density at radius 2 is 1.65 bits per heavy atom. The van der Waals surface area contributed by atoms with E-state index in [-0.39, 0.29) is 11.4 Å². The van der Waals surface area contributed by atoms with Crippen LogP contribution < -0.4 is 21.5 Å². The molecule has 0 fully saturated rings. The summed E-state index contributed by atoms with van der Waals surface area (Å²) in [7, 11) is 0. The van der Waals surface area contributed by atoms with Crippen molar-refractivity contribution >= 4 is 17.1 Å². The fourth-order valence-electron chi connectivity index (χ4n) is 2.51. The first-order valence-electron chi connectivity index (χ1n) is 7.71. The van der Waals surface area contributed by atoms with E-state index in [0.717, 1.165) is 12.1 Å². The van der Waals surface area contributed by atoms with Crippen LogP contribution in [0, 0.1) is 0 Å². The topological polar surface area (TPSA) is 71.1 Å². The molecular weight excluding hydrogens is 347 g/mol. The van der Waals surface area contributed by atoms with Crippen LogP contribution in [0.1, 0.15) is 24.1 Å². The van der Waals surface area contributed by atoms with E-state index in [0.29, 0.717) is 11.3 Å². The van der Waals surface area contributed by atoms with Gasteiger partial charge < -0.3 is 10.6 Å². The van der Waals surface area contributed by atoms with Crippen LogP contribution in [0.5, 0.6) is 0 Å². The molecule has 8 heteroatoms. The molecule has 1 atom stereocenters. The van der Waals surface area contributed by atoms with Gasteiger partial charge in [-0.25, -0.2) is 0 Å². The lowest BCUT2D eigenvalue weighted by Gasteiger charge is -2.20. The van der Waals surface area contributed by atoms with Crippen LogP contribution >= 0.6 is 0 Å². The van der Waals surface area contributed by atoms with Gasteiger partial charge >= 0.3 is 6.18 Å². The number of hydrogen-bond acceptors (Lipinski definition) is 5. The normalized spacial score (nSPS) is 12.8. The molecule has 5 nitrogen and oxygen atoms in total. The van der Waals surface area contributed by atoms with Crippen LogP contribution in [-0.4, -0.2) is 4.98 Å². The number of hydrogen-bond donors (Lipinski definition) is 2. The highest BCUT2D eigenvalue weighted by Crippen LogP contribution is 2.32. The Kier molecular flexibility index (Phi) is 4.50. The van der Waals surface area contributed by atoms with E-state index in [1.165, 1.54) is 24.5 Å². The molecule has 1 heterocycles. The summed E-state index contributed by atoms with van der Waals surface area (Å²) in [6.45, 7) is 1.61. The molecule has 0 aliphatic heterocycles. The van der Waals surface area contributed by atoms with E-state index in [9.17, 15) is 22.8 Å². The van der Waals surface area contributed by atoms with Gasteiger partial charge in [0.2, 0.25) is 0 Å². The van der Waals surface area contributed by atoms with Crippen molar-refractivity contribution in [2.75, 3.05) is 10.6 Å². The molecule has 0 aliphatic carbocycles. The van der Waals surface area contributed by atoms with Gasteiger partial charge in [-0.3, -0.25) is 14.6 Å². The van der Waals surface area contributed by atoms with Crippen molar-refractivity contribution in [2.45, 2.75) is 19.1 Å². The Bertz CT molecular complexity index is 993. The van der Waals surface area contributed by atoms with Crippen molar-refractivity contribution in [3.63, 3.8) is 0 Å². The monoisotopic (exact) mass is 361 g/mol. The zero-order valence-electron chi connectivity index (χ0n) is 13.6. The number of nitrogens with one attached hydrogen (secondary N) is 2. The molecule has 0 bridgehead atoms. The predicted molar refractivity (Wildman–Crippen MR) is 92.4 cm³/mol. The van der Waals surface area contributed by atoms with Crippen LogP contribution in [-0.2, 0) is 6.18 Å². The highest BCUT2D eigenvalue weighted by atomic mass is 19.4. The molecule has 1 unspecified atom stereocenters. The summed E-state index contributed by atoms with van der Waals surface area (Å²) in [5.41, 5.74) is -1.11. The van der Waals surface area contributed by atoms with Gasteiger partial charge in [0.15, 0.2) is 0 Å². The van der Waals surface area contributed by atoms with Crippen molar-refractivity contribution < 1.29 is 13.2 Å². The van der Waals surface area contributed by atoms with Gasteiger partial charge in [0, 0.05) is 24.1 Å². The first-order chi connectivity index (χ1) is 12.3. The highest BCUT2D eigenvalue weighted by molar-refractivity contribution is 5.78. The number of pyridine rings is 1. The SMILES string of the molecule is CC(Nc1c(Nc2ccncc2)c(=O)c1=O)c1cccc(C(F)(F)F)c1. The van der Waals surface area contributed by atoms with Gasteiger partial charge in [-0.2, -0.15) is 13.2 Å². The zero-order chi connectivity index (χ0) is 18.9. The molecule has 0 aliphatic rings. The second-order valence-electron chi connectivity index (χ2n) is 5.76. The minimum Gasteiger partial charge on any atom is -0.373 e. The van der Waals surface area contributed by atoms with Gasteiger partial charge in [-0.15, -0.1) is 0 Å². The van der Waals surface area contributed by atoms with E-state index >= 15 is 0 Å². The quantitative estimate of drug-likeness (QED) is 0.680. The average Bonchev–Trinajstić information content (AvgIpc) is 2.64. The summed E-state index contributed by atoms with van der Waals surface area (Å²) in [5, 5.41) is 5.65. The molecular formula is C18H14F3N3O2. The summed E-state index contributed by atoms with van der Waals surface area (Å²) in [4.78, 5) is 27.5. The van der Waals surface area contributed by atoms with Gasteiger partial charge in [0.1, 0.15) is 11.4 Å². The van der Waals surface area contributed by atoms with Crippen LogP contribution in [0.3, 0.4) is 0 Å². The molecule has 0 amide bonds. The molecule has 3 aromatic rings. The van der Waals surface area contributed by atoms with E-state index in [1.807, 2.05) is 0 Å². The Labute approximate surface area is 146 Å². The lowest BCUT2D eigenvalue weighted by molar-refractivity contribution is -0.137. The van der Waals surface area contributed by atoms with Crippen LogP contribution in [0.2, 0.25) is 0 Å². The van der Waals surface area contributed by atoms with Gasteiger partial charge in [0.25, 0.3) is 10.9 Å². The van der Waals surface area contributed by atoms with E-state index in [1.54, 1.807) is 19.1 Å². The van der Waals surface area contributed by atoms with Crippen molar-refractivity contribution in [1.82, 2.24) is 4.98 Å². The number of rotatable bonds is 5. The largest absolute Gasteiger partial charge is 0.416 e. The minimum absolute atomic E-state index is 0.0525. The standard InChI is InChI=1S/C18H14F3N3O2/c1-10(11-3-2-4-12(9-11)18(19,20)21)23-14-15(17(26)16(14)25)24-13-5-7-22-8-6-13/h2-10,23H,1H3,(H,22,24). The third-order valence-corrected chi connectivity index (χ3v) is 3.93. The summed E-state index contributed by atoms with van der Waals surface area (Å²) < 4.78 is 38.5. The molecule has 0 saturated carbocycles. The van der Waals surface area contributed by atoms with Crippen LogP contribution in [0.25, 0.3) is 0 Å². The molecule has 0 radical (unpaired) electrons. The number of alkyl halides is 3. The number of anilines is 3. The predicted octanol–water partition coefficient (Wildman–Crippen LogP) is 3.61. The first-order valence-corrected chi connectivity index (χ1v) is 7.71. The fourth-order valence-corrected chi connectivity index (χ4v) is 2.51. The highest BCUT2D eigenvalue weighted by Gasteiger charge is 2.31. The van der Waals surface area contributed by atoms with Crippen LogP contribution in [0.4, 0.5) is 30.2 Å². The second-order valence-corrected chi connectivity index (χ2v) is 5.76. The third kappa shape index (κ3) is 3.44. The zero-order valence-corrected chi connectivity index (χ0v) is 13.6. The molecule has 0 saturated heterocycles. The maximum absolute atomic E-state index is 12.8. The average molecular weight is 361 g/mol. The summed E-state index contributed by atoms with van der Waals surface area (Å²) in [6.07, 6.45) is -1.41. The van der Waals surface area contributed by atoms with Gasteiger partial charge in [0.05, 0.1) is 5.56 Å². The Morgan fingerprint density at radius 3 is 2.31 bits per heavy atom. The minimum atomic E-state index is -4.45. The lowest BCUT2D eigenvalue weighted by atomic mass is 10.0. The lowest BCUT2D eigenvalue weighted by Crippen LogP contribution is -2.37. The molecule has 26 heavy (non-hydrogen) atoms. The Balaban J connectivity index is 1.83. The third-order valence-electron chi connectivity index (χ3n) is 3.93. The Hall–Kier alpha value is -3.16. The van der Waals surface area contributed by atoms with Crippen molar-refractivity contribution in [1.29, 1.82) is 0 Å². The molecule has 3 rings (SSSR count). The van der Waals surface area contributed by atoms with Crippen molar-refractivity contribution in [3.05, 3.63) is 80.4 Å². The second kappa shape index (κ2) is 6.62. The number of aromatic nitrogens is 1. The summed E-state index contributed by atoms with van der Waals surface area (Å²) >= 11 is 0. The van der Waals surface area contributed by atoms with Gasteiger partial charge in [-0.1, -0.05) is 12.1 Å². The molecule has 134 valence electrons. The molecule has 2 N–H and O–H groups in total. The number of nitrogens with zero attached hydrogens (tertiary/aromatic N) is 1. The molecule has 2 aromatic carbocycles. The van der Waals surface area contributed by atoms with Gasteiger partial charge in [-0.05, 0) is 36.8 Å². The summed E-state index contributed by atoms with van der Waals surface area (Å²) in [5.74, 6) is 0. The number of halogens is 3. The molecule has 0 spiro atoms. The fraction of sp³-hybridized carbons (Fsp3) is 0.167. The smallest absolute Gasteiger partial charge is 0.373 e. The van der Waals surface area contributed by atoms with E-state index < -0.39 is 28.6 Å². The van der Waals surface area contributed by atoms with Crippen molar-refractivity contribution in [2.24, 2.45) is 0 Å². The van der Waals surface area contributed by atoms with E-state index in [2.05, 4.69) is 15.6 Å². The van der Waals surface area contributed by atoms with E-state index in [4.69, 9.17) is 0 Å². The Morgan fingerprint density at radius 1 is 1.00 bits per heavy atom. The number of benzene rings is 1. The maximum Gasteiger partial charge on any atom is 0.416 e. The van der Waals surface area contributed by atoms with Crippen LogP contribution in [0.15, 0.2) is 58.4 Å². The maximum atomic E-state index is 12.8. The first kappa shape index (κ1) is 17.7. The summed E-state index contributed by atoms with van der Waals surface area (Å²) in [6, 6.07) is 7.46. The molecule has 1 aromatic heterocycles. The van der Waals surface area contributed by atoms with Crippen molar-refractivity contribution in [3.8, 4) is 0 Å².